The van der Waals surface area contributed by atoms with Crippen LogP contribution in [0.4, 0.5) is 5.69 Å². The van der Waals surface area contributed by atoms with Gasteiger partial charge < -0.3 is 24.1 Å². The Morgan fingerprint density at radius 2 is 1.80 bits per heavy atom. The summed E-state index contributed by atoms with van der Waals surface area (Å²) in [5.41, 5.74) is 1.11. The number of amides is 1. The Morgan fingerprint density at radius 3 is 2.53 bits per heavy atom. The standard InChI is InChI=1S/C22H23ClN2O5/c1-25-17-8-5-4-7-14(17)18(13-22(25)27)30-10-6-9-21(26)24-16-11-15(23)19(28-2)12-20(16)29-3/h4-5,7-8,11-13H,6,9-10H2,1-3H3,(H,24,26). The number of hydrogen-bond donors (Lipinski definition) is 1. The number of pyridine rings is 1. The van der Waals surface area contributed by atoms with Gasteiger partial charge in [0.15, 0.2) is 0 Å². The maximum atomic E-state index is 12.3. The Balaban J connectivity index is 1.60. The number of ether oxygens (including phenoxy) is 3. The van der Waals surface area contributed by atoms with Gasteiger partial charge in [-0.1, -0.05) is 23.7 Å². The van der Waals surface area contributed by atoms with Crippen molar-refractivity contribution in [3.8, 4) is 17.2 Å². The number of para-hydroxylation sites is 1. The summed E-state index contributed by atoms with van der Waals surface area (Å²) in [6.07, 6.45) is 0.706. The van der Waals surface area contributed by atoms with Crippen LogP contribution in [0, 0.1) is 0 Å². The van der Waals surface area contributed by atoms with E-state index in [1.807, 2.05) is 24.3 Å². The summed E-state index contributed by atoms with van der Waals surface area (Å²) in [7, 11) is 4.73. The Morgan fingerprint density at radius 1 is 1.07 bits per heavy atom. The highest BCUT2D eigenvalue weighted by Gasteiger charge is 2.13. The summed E-state index contributed by atoms with van der Waals surface area (Å²) in [6.45, 7) is 0.297. The molecule has 0 aliphatic rings. The second-order valence-corrected chi connectivity index (χ2v) is 7.02. The maximum Gasteiger partial charge on any atom is 0.254 e. The molecule has 0 saturated carbocycles. The molecule has 0 radical (unpaired) electrons. The number of aromatic nitrogens is 1. The van der Waals surface area contributed by atoms with Crippen molar-refractivity contribution in [2.45, 2.75) is 12.8 Å². The lowest BCUT2D eigenvalue weighted by atomic mass is 10.2. The lowest BCUT2D eigenvalue weighted by molar-refractivity contribution is -0.116. The zero-order valence-corrected chi connectivity index (χ0v) is 17.8. The molecule has 1 N–H and O–H groups in total. The van der Waals surface area contributed by atoms with Gasteiger partial charge in [0.05, 0.1) is 37.1 Å². The van der Waals surface area contributed by atoms with Crippen molar-refractivity contribution in [1.29, 1.82) is 0 Å². The van der Waals surface area contributed by atoms with E-state index >= 15 is 0 Å². The first-order valence-electron chi connectivity index (χ1n) is 9.37. The van der Waals surface area contributed by atoms with Crippen molar-refractivity contribution in [2.24, 2.45) is 7.05 Å². The fourth-order valence-corrected chi connectivity index (χ4v) is 3.33. The van der Waals surface area contributed by atoms with Crippen molar-refractivity contribution in [2.75, 3.05) is 26.1 Å². The van der Waals surface area contributed by atoms with E-state index in [1.165, 1.54) is 20.3 Å². The number of carbonyl (C=O) groups is 1. The Labute approximate surface area is 179 Å². The minimum Gasteiger partial charge on any atom is -0.495 e. The first kappa shape index (κ1) is 21.5. The summed E-state index contributed by atoms with van der Waals surface area (Å²) >= 11 is 6.13. The van der Waals surface area contributed by atoms with E-state index < -0.39 is 0 Å². The minimum absolute atomic E-state index is 0.148. The number of halogens is 1. The molecule has 1 heterocycles. The predicted octanol–water partition coefficient (Wildman–Crippen LogP) is 4.01. The Kier molecular flexibility index (Phi) is 6.84. The molecule has 0 spiro atoms. The van der Waals surface area contributed by atoms with Gasteiger partial charge in [-0.3, -0.25) is 9.59 Å². The topological polar surface area (TPSA) is 78.8 Å². The second kappa shape index (κ2) is 9.54. The van der Waals surface area contributed by atoms with Crippen molar-refractivity contribution in [1.82, 2.24) is 4.57 Å². The highest BCUT2D eigenvalue weighted by atomic mass is 35.5. The van der Waals surface area contributed by atoms with Gasteiger partial charge in [-0.2, -0.15) is 0 Å². The van der Waals surface area contributed by atoms with E-state index in [0.717, 1.165) is 10.9 Å². The normalized spacial score (nSPS) is 10.7. The van der Waals surface area contributed by atoms with Crippen molar-refractivity contribution >= 4 is 34.1 Å². The number of nitrogens with zero attached hydrogens (tertiary/aromatic N) is 1. The van der Waals surface area contributed by atoms with Gasteiger partial charge in [0.1, 0.15) is 17.2 Å². The predicted molar refractivity (Wildman–Crippen MR) is 117 cm³/mol. The van der Waals surface area contributed by atoms with Crippen LogP contribution in [0.15, 0.2) is 47.3 Å². The Hall–Kier alpha value is -3.19. The SMILES string of the molecule is COc1cc(OC)c(NC(=O)CCCOc2cc(=O)n(C)c3ccccc23)cc1Cl. The molecule has 0 fully saturated rings. The molecule has 0 bridgehead atoms. The van der Waals surface area contributed by atoms with E-state index in [9.17, 15) is 9.59 Å². The third kappa shape index (κ3) is 4.68. The highest BCUT2D eigenvalue weighted by molar-refractivity contribution is 6.32. The summed E-state index contributed by atoms with van der Waals surface area (Å²) in [4.78, 5) is 24.4. The largest absolute Gasteiger partial charge is 0.495 e. The third-order valence-corrected chi connectivity index (χ3v) is 4.97. The molecule has 1 aromatic heterocycles. The van der Waals surface area contributed by atoms with E-state index in [1.54, 1.807) is 23.7 Å². The monoisotopic (exact) mass is 430 g/mol. The first-order valence-corrected chi connectivity index (χ1v) is 9.75. The van der Waals surface area contributed by atoms with Crippen LogP contribution in [0.2, 0.25) is 5.02 Å². The summed E-state index contributed by atoms with van der Waals surface area (Å²) in [6, 6.07) is 12.2. The minimum atomic E-state index is -0.202. The fourth-order valence-electron chi connectivity index (χ4n) is 3.08. The number of rotatable bonds is 8. The lowest BCUT2D eigenvalue weighted by Crippen LogP contribution is -2.17. The molecule has 3 rings (SSSR count). The molecular formula is C22H23ClN2O5. The molecule has 1 amide bonds. The van der Waals surface area contributed by atoms with Gasteiger partial charge in [0, 0.05) is 31.0 Å². The van der Waals surface area contributed by atoms with Crippen molar-refractivity contribution < 1.29 is 19.0 Å². The van der Waals surface area contributed by atoms with Crippen LogP contribution in [0.5, 0.6) is 17.2 Å². The van der Waals surface area contributed by atoms with Gasteiger partial charge in [-0.15, -0.1) is 0 Å². The van der Waals surface area contributed by atoms with Crippen molar-refractivity contribution in [3.63, 3.8) is 0 Å². The van der Waals surface area contributed by atoms with Gasteiger partial charge >= 0.3 is 0 Å². The van der Waals surface area contributed by atoms with Crippen molar-refractivity contribution in [3.05, 3.63) is 57.8 Å². The first-order chi connectivity index (χ1) is 14.4. The number of aryl methyl sites for hydroxylation is 1. The average Bonchev–Trinajstić information content (AvgIpc) is 2.74. The number of fused-ring (bicyclic) bond motifs is 1. The zero-order valence-electron chi connectivity index (χ0n) is 17.0. The maximum absolute atomic E-state index is 12.3. The lowest BCUT2D eigenvalue weighted by Gasteiger charge is -2.13. The van der Waals surface area contributed by atoms with E-state index in [4.69, 9.17) is 25.8 Å². The highest BCUT2D eigenvalue weighted by Crippen LogP contribution is 2.36. The third-order valence-electron chi connectivity index (χ3n) is 4.67. The quantitative estimate of drug-likeness (QED) is 0.546. The zero-order chi connectivity index (χ0) is 21.7. The molecule has 158 valence electrons. The molecule has 0 saturated heterocycles. The van der Waals surface area contributed by atoms with Gasteiger partial charge in [-0.05, 0) is 24.6 Å². The van der Waals surface area contributed by atoms with Crippen LogP contribution in [0.1, 0.15) is 12.8 Å². The molecule has 8 heteroatoms. The number of methoxy groups -OCH3 is 2. The summed E-state index contributed by atoms with van der Waals surface area (Å²) in [5, 5.41) is 4.00. The van der Waals surface area contributed by atoms with Crippen LogP contribution in [0.3, 0.4) is 0 Å². The summed E-state index contributed by atoms with van der Waals surface area (Å²) < 4.78 is 17.8. The van der Waals surface area contributed by atoms with Gasteiger partial charge in [0.2, 0.25) is 5.91 Å². The van der Waals surface area contributed by atoms with E-state index in [0.29, 0.717) is 41.0 Å². The molecule has 0 unspecified atom stereocenters. The van der Waals surface area contributed by atoms with Crippen LogP contribution in [-0.2, 0) is 11.8 Å². The number of benzene rings is 2. The smallest absolute Gasteiger partial charge is 0.254 e. The van der Waals surface area contributed by atoms with Crippen LogP contribution in [-0.4, -0.2) is 31.3 Å². The molecular weight excluding hydrogens is 408 g/mol. The molecule has 0 aliphatic heterocycles. The fraction of sp³-hybridized carbons (Fsp3) is 0.273. The number of nitrogens with one attached hydrogen (secondary N) is 1. The molecule has 3 aromatic rings. The average molecular weight is 431 g/mol. The number of anilines is 1. The van der Waals surface area contributed by atoms with Gasteiger partial charge in [0.25, 0.3) is 5.56 Å². The molecule has 0 atom stereocenters. The molecule has 30 heavy (non-hydrogen) atoms. The summed E-state index contributed by atoms with van der Waals surface area (Å²) in [5.74, 6) is 1.22. The van der Waals surface area contributed by atoms with Crippen LogP contribution < -0.4 is 25.1 Å². The van der Waals surface area contributed by atoms with E-state index in [-0.39, 0.29) is 17.9 Å². The van der Waals surface area contributed by atoms with Gasteiger partial charge in [-0.25, -0.2) is 0 Å². The van der Waals surface area contributed by atoms with Crippen LogP contribution >= 0.6 is 11.6 Å². The molecule has 7 nitrogen and oxygen atoms in total. The molecule has 2 aromatic carbocycles. The van der Waals surface area contributed by atoms with E-state index in [2.05, 4.69) is 5.32 Å². The Bertz CT molecular complexity index is 1130. The van der Waals surface area contributed by atoms with Crippen LogP contribution in [0.25, 0.3) is 10.9 Å². The number of hydrogen-bond acceptors (Lipinski definition) is 5. The number of carbonyl (C=O) groups excluding carboxylic acids is 1. The molecule has 0 aliphatic carbocycles. The second-order valence-electron chi connectivity index (χ2n) is 6.61.